The van der Waals surface area contributed by atoms with Crippen molar-refractivity contribution in [2.45, 2.75) is 66.2 Å². The third kappa shape index (κ3) is 19.5. The highest BCUT2D eigenvalue weighted by molar-refractivity contribution is 6.37. The Morgan fingerprint density at radius 1 is 0.414 bits per heavy atom. The first-order chi connectivity index (χ1) is 56.4. The minimum absolute atomic E-state index is 0.0390. The highest BCUT2D eigenvalue weighted by Gasteiger charge is 2.30. The van der Waals surface area contributed by atoms with Gasteiger partial charge in [-0.2, -0.15) is 5.26 Å². The number of nitrogens with zero attached hydrogens (tertiary/aromatic N) is 15. The molecule has 4 aliphatic rings. The summed E-state index contributed by atoms with van der Waals surface area (Å²) >= 11 is 25.2. The van der Waals surface area contributed by atoms with E-state index in [0.29, 0.717) is 149 Å². The predicted molar refractivity (Wildman–Crippen MR) is 463 cm³/mol. The van der Waals surface area contributed by atoms with Crippen molar-refractivity contribution in [1.29, 1.82) is 5.26 Å². The molecule has 8 aromatic carbocycles. The number of hydrogen-bond donors (Lipinski definition) is 2. The number of nitriles is 1. The molecule has 16 rings (SSSR count). The molecule has 8 heterocycles. The van der Waals surface area contributed by atoms with E-state index >= 15 is 0 Å². The van der Waals surface area contributed by atoms with Crippen LogP contribution in [0.4, 0.5) is 0 Å². The van der Waals surface area contributed by atoms with Gasteiger partial charge in [0, 0.05) is 102 Å². The summed E-state index contributed by atoms with van der Waals surface area (Å²) < 4.78 is 24.2. The van der Waals surface area contributed by atoms with E-state index in [2.05, 4.69) is 67.0 Å². The Morgan fingerprint density at radius 2 is 0.810 bits per heavy atom. The van der Waals surface area contributed by atoms with Crippen LogP contribution in [0.15, 0.2) is 195 Å². The summed E-state index contributed by atoms with van der Waals surface area (Å²) in [6.07, 6.45) is 1.11. The van der Waals surface area contributed by atoms with Gasteiger partial charge in [0.1, 0.15) is 40.5 Å². The highest BCUT2D eigenvalue weighted by atomic mass is 35.5. The van der Waals surface area contributed by atoms with Crippen LogP contribution < -0.4 is 47.1 Å². The lowest BCUT2D eigenvalue weighted by Gasteiger charge is -2.37. The van der Waals surface area contributed by atoms with Crippen LogP contribution in [0.3, 0.4) is 0 Å². The molecule has 2 unspecified atom stereocenters. The van der Waals surface area contributed by atoms with Crippen LogP contribution in [-0.4, -0.2) is 206 Å². The molecule has 0 aliphatic carbocycles. The number of aromatic nitrogens is 8. The number of likely N-dealkylation sites (N-methyl/N-ethyl adjacent to an activating group) is 1. The van der Waals surface area contributed by atoms with Crippen molar-refractivity contribution < 1.29 is 14.2 Å². The quantitative estimate of drug-likeness (QED) is 0.0716. The molecule has 0 amide bonds. The number of hydrogen-bond acceptors (Lipinski definition) is 20. The predicted octanol–water partition coefficient (Wildman–Crippen LogP) is 13.1. The van der Waals surface area contributed by atoms with Gasteiger partial charge in [0.25, 0.3) is 22.2 Å². The van der Waals surface area contributed by atoms with Crippen LogP contribution in [0.5, 0.6) is 17.2 Å². The molecule has 4 aromatic heterocycles. The molecule has 4 saturated heterocycles. The number of nitrogens with one attached hydrogen (secondary N) is 2. The summed E-state index contributed by atoms with van der Waals surface area (Å²) in [6, 6.07) is 55.5. The van der Waals surface area contributed by atoms with Gasteiger partial charge in [-0.1, -0.05) is 113 Å². The average molecular weight is 1650 g/mol. The van der Waals surface area contributed by atoms with Gasteiger partial charge in [-0.3, -0.25) is 61.9 Å². The van der Waals surface area contributed by atoms with Crippen LogP contribution in [0.2, 0.25) is 20.1 Å². The Bertz CT molecular complexity index is 5720. The topological polar surface area (TPSA) is 235 Å². The van der Waals surface area contributed by atoms with E-state index in [4.69, 9.17) is 85.8 Å². The van der Waals surface area contributed by atoms with E-state index < -0.39 is 0 Å². The Morgan fingerprint density at radius 3 is 1.29 bits per heavy atom. The molecule has 2 N–H and O–H groups in total. The molecule has 2 atom stereocenters. The van der Waals surface area contributed by atoms with Crippen molar-refractivity contribution in [2.75, 3.05) is 138 Å². The van der Waals surface area contributed by atoms with Crippen molar-refractivity contribution in [3.8, 4) is 46.1 Å². The molecule has 604 valence electrons. The fourth-order valence-electron chi connectivity index (χ4n) is 15.2. The van der Waals surface area contributed by atoms with Gasteiger partial charge in [-0.05, 0) is 170 Å². The number of fused-ring (bicyclic) bond motifs is 4. The molecule has 28 heteroatoms. The van der Waals surface area contributed by atoms with E-state index in [-0.39, 0.29) is 34.3 Å². The second-order valence-corrected chi connectivity index (χ2v) is 30.4. The maximum absolute atomic E-state index is 13.7. The Labute approximate surface area is 694 Å². The summed E-state index contributed by atoms with van der Waals surface area (Å²) in [4.78, 5) is 87.4. The Balaban J connectivity index is 0.000000135. The van der Waals surface area contributed by atoms with Gasteiger partial charge in [0.15, 0.2) is 0 Å². The molecule has 24 nitrogen and oxygen atoms in total. The fourth-order valence-corrected chi connectivity index (χ4v) is 16.1. The number of benzene rings is 8. The van der Waals surface area contributed by atoms with Crippen molar-refractivity contribution >= 4 is 90.0 Å². The summed E-state index contributed by atoms with van der Waals surface area (Å²) in [6.45, 7) is 27.7. The molecular formula is C88H97Cl4N17O7. The smallest absolute Gasteiger partial charge is 0.266 e. The molecular weight excluding hydrogens is 1550 g/mol. The second-order valence-electron chi connectivity index (χ2n) is 28.8. The lowest BCUT2D eigenvalue weighted by molar-refractivity contribution is 0.106. The highest BCUT2D eigenvalue weighted by Crippen LogP contribution is 2.34. The SMILES string of the molecule is CCOc1ccccc1-n1c(C(C)N2CCN(CC#N)CC2)nc2cc(Cl)ccc2c1=O.CCOc1ccccc1-n1c(C(C)N2CCNCC2)nc2cc(Cl)ccc2c1=O.CCOc1ccccc1-n1c(CN2CCCN(C)CC2)nc2ccccc2c1=O.O=c1c2ccccc2nc(CN2CCNCC2)n1-c1c(Cl)cccc1Cl. The molecule has 0 radical (unpaired) electrons. The van der Waals surface area contributed by atoms with Gasteiger partial charge in [-0.15, -0.1) is 0 Å². The molecule has 0 saturated carbocycles. The summed E-state index contributed by atoms with van der Waals surface area (Å²) in [5, 5.41) is 19.9. The lowest BCUT2D eigenvalue weighted by atomic mass is 10.1. The third-order valence-electron chi connectivity index (χ3n) is 21.2. The van der Waals surface area contributed by atoms with Gasteiger partial charge in [-0.25, -0.2) is 19.9 Å². The van der Waals surface area contributed by atoms with Crippen molar-refractivity contribution in [3.05, 3.63) is 261 Å². The van der Waals surface area contributed by atoms with Gasteiger partial charge >= 0.3 is 0 Å². The molecule has 0 spiro atoms. The van der Waals surface area contributed by atoms with E-state index in [1.54, 1.807) is 78.9 Å². The van der Waals surface area contributed by atoms with Gasteiger partial charge in [0.2, 0.25) is 0 Å². The van der Waals surface area contributed by atoms with Crippen molar-refractivity contribution in [2.24, 2.45) is 0 Å². The third-order valence-corrected chi connectivity index (χ3v) is 22.3. The second kappa shape index (κ2) is 39.8. The average Bonchev–Trinajstić information content (AvgIpc) is 0.785. The summed E-state index contributed by atoms with van der Waals surface area (Å²) in [7, 11) is 2.16. The Kier molecular flexibility index (Phi) is 28.8. The van der Waals surface area contributed by atoms with Gasteiger partial charge in [0.05, 0.1) is 134 Å². The molecule has 12 aromatic rings. The summed E-state index contributed by atoms with van der Waals surface area (Å²) in [5.41, 5.74) is 4.77. The van der Waals surface area contributed by atoms with Crippen LogP contribution in [-0.2, 0) is 13.1 Å². The zero-order valence-corrected chi connectivity index (χ0v) is 69.3. The van der Waals surface area contributed by atoms with Crippen LogP contribution in [0, 0.1) is 11.3 Å². The monoisotopic (exact) mass is 1640 g/mol. The molecule has 4 aliphatic heterocycles. The molecule has 4 fully saturated rings. The fraction of sp³-hybridized carbons (Fsp3) is 0.352. The van der Waals surface area contributed by atoms with E-state index in [9.17, 15) is 19.2 Å². The number of para-hydroxylation sites is 9. The van der Waals surface area contributed by atoms with E-state index in [1.807, 2.05) is 136 Å². The van der Waals surface area contributed by atoms with Crippen molar-refractivity contribution in [1.82, 2.24) is 78.2 Å². The van der Waals surface area contributed by atoms with Crippen LogP contribution in [0.25, 0.3) is 66.4 Å². The molecule has 0 bridgehead atoms. The minimum atomic E-state index is -0.157. The number of piperazine rings is 3. The first kappa shape index (κ1) is 84.0. The number of halogens is 4. The van der Waals surface area contributed by atoms with Crippen molar-refractivity contribution in [3.63, 3.8) is 0 Å². The van der Waals surface area contributed by atoms with E-state index in [0.717, 1.165) is 128 Å². The zero-order chi connectivity index (χ0) is 81.4. The zero-order valence-electron chi connectivity index (χ0n) is 66.2. The largest absolute Gasteiger partial charge is 0.492 e. The van der Waals surface area contributed by atoms with Gasteiger partial charge < -0.3 is 29.7 Å². The Hall–Kier alpha value is -9.95. The van der Waals surface area contributed by atoms with Crippen LogP contribution in [0.1, 0.15) is 76.4 Å². The first-order valence-corrected chi connectivity index (χ1v) is 41.2. The standard InChI is InChI=1S/C24H26ClN5O2.C23H28N4O2.C22H25ClN4O2.C19H18Cl2N4O/c1-3-32-22-7-5-4-6-21(22)30-23(17(2)29-14-12-28(11-10-26)13-15-29)27-20-16-18(25)8-9-19(20)24(30)31;1-3-29-21-12-7-6-11-20(21)27-22(17-26-14-8-13-25(2)15-16-26)24-19-10-5-4-9-18(19)23(27)28;1-3-29-20-7-5-4-6-19(20)27-21(15(2)26-12-10-24-11-13-26)25-18-14-16(23)8-9-17(18)22(27)28;20-14-5-3-6-15(21)18(14)25-17(12-24-10-8-22-9-11-24)23-16-7-2-1-4-13(16)19(25)26/h4-9,16-17H,3,11-15H2,1-2H3;4-7,9-12H,3,8,13-17H2,1-2H3;4-9,14-15,24H,3,10-13H2,1-2H3;1-7,22H,8-12H2. The number of rotatable bonds is 19. The normalized spacial score (nSPS) is 15.9. The number of ether oxygens (including phenoxy) is 3. The maximum Gasteiger partial charge on any atom is 0.266 e. The minimum Gasteiger partial charge on any atom is -0.492 e. The maximum atomic E-state index is 13.7. The lowest BCUT2D eigenvalue weighted by Crippen LogP contribution is -2.48. The summed E-state index contributed by atoms with van der Waals surface area (Å²) in [5.74, 6) is 4.74. The van der Waals surface area contributed by atoms with E-state index in [1.165, 1.54) is 0 Å². The molecule has 116 heavy (non-hydrogen) atoms. The van der Waals surface area contributed by atoms with Crippen LogP contribution >= 0.6 is 46.4 Å². The first-order valence-electron chi connectivity index (χ1n) is 39.6.